The predicted octanol–water partition coefficient (Wildman–Crippen LogP) is 13.6. The third kappa shape index (κ3) is 10.6. The molecule has 0 aromatic heterocycles. The lowest BCUT2D eigenvalue weighted by atomic mass is 9.79. The van der Waals surface area contributed by atoms with Crippen LogP contribution in [-0.4, -0.2) is 63.7 Å². The second kappa shape index (κ2) is 17.7. The van der Waals surface area contributed by atoms with Crippen LogP contribution in [0.25, 0.3) is 0 Å². The fourth-order valence-electron chi connectivity index (χ4n) is 10.1. The summed E-state index contributed by atoms with van der Waals surface area (Å²) >= 11 is 0. The van der Waals surface area contributed by atoms with Crippen molar-refractivity contribution in [2.75, 3.05) is 7.05 Å². The second-order valence-electron chi connectivity index (χ2n) is 23.0. The van der Waals surface area contributed by atoms with Gasteiger partial charge in [-0.05, 0) is 101 Å². The highest BCUT2D eigenvalue weighted by Gasteiger charge is 2.55. The molecule has 3 atom stereocenters. The summed E-state index contributed by atoms with van der Waals surface area (Å²) in [6.45, 7) is 29.4. The van der Waals surface area contributed by atoms with Crippen LogP contribution in [0.3, 0.4) is 0 Å². The summed E-state index contributed by atoms with van der Waals surface area (Å²) in [5.74, 6) is 1.18. The highest BCUT2D eigenvalue weighted by molar-refractivity contribution is 5.90. The maximum Gasteiger partial charge on any atom is 0.128 e. The zero-order chi connectivity index (χ0) is 43.9. The molecular formula is C54H80N4O2. The van der Waals surface area contributed by atoms with Gasteiger partial charge in [0, 0.05) is 65.4 Å². The molecule has 0 radical (unpaired) electrons. The molecule has 3 unspecified atom stereocenters. The number of aliphatic imine (C=N–C) groups is 2. The zero-order valence-electron chi connectivity index (χ0n) is 40.0. The van der Waals surface area contributed by atoms with Crippen LogP contribution in [0.4, 0.5) is 11.4 Å². The number of phenolic OH excluding ortho intramolecular Hbond substituents is 2. The molecule has 0 amide bonds. The summed E-state index contributed by atoms with van der Waals surface area (Å²) in [7, 11) is 2.32. The van der Waals surface area contributed by atoms with Crippen LogP contribution < -0.4 is 0 Å². The molecule has 0 bridgehead atoms. The van der Waals surface area contributed by atoms with E-state index in [1.54, 1.807) is 6.21 Å². The summed E-state index contributed by atoms with van der Waals surface area (Å²) in [6, 6.07) is 17.5. The van der Waals surface area contributed by atoms with Gasteiger partial charge in [0.2, 0.25) is 0 Å². The van der Waals surface area contributed by atoms with Gasteiger partial charge < -0.3 is 10.2 Å². The van der Waals surface area contributed by atoms with E-state index in [1.165, 1.54) is 69.8 Å². The van der Waals surface area contributed by atoms with Crippen molar-refractivity contribution in [2.45, 2.75) is 207 Å². The molecule has 0 aliphatic heterocycles. The largest absolute Gasteiger partial charge is 0.507 e. The molecule has 0 heterocycles. The maximum atomic E-state index is 11.7. The van der Waals surface area contributed by atoms with E-state index in [0.29, 0.717) is 29.1 Å². The molecule has 0 saturated heterocycles. The molecule has 0 spiro atoms. The molecule has 3 saturated carbocycles. The Balaban J connectivity index is 1.38. The number of likely N-dealkylation sites (N-methyl/N-ethyl adjacent to an activating group) is 1. The average Bonchev–Trinajstić information content (AvgIpc) is 3.82. The Labute approximate surface area is 365 Å². The number of hydrogen-bond donors (Lipinski definition) is 2. The van der Waals surface area contributed by atoms with E-state index in [0.717, 1.165) is 52.3 Å². The summed E-state index contributed by atoms with van der Waals surface area (Å²) in [4.78, 5) is 15.9. The van der Waals surface area contributed by atoms with E-state index >= 15 is 0 Å². The van der Waals surface area contributed by atoms with Gasteiger partial charge in [-0.25, -0.2) is 0 Å². The van der Waals surface area contributed by atoms with Gasteiger partial charge in [0.05, 0.1) is 11.4 Å². The lowest BCUT2D eigenvalue weighted by molar-refractivity contribution is 0.0596. The van der Waals surface area contributed by atoms with Crippen molar-refractivity contribution in [3.05, 3.63) is 81.4 Å². The first-order valence-corrected chi connectivity index (χ1v) is 23.4. The Bertz CT molecular complexity index is 2000. The number of hydrogen-bond acceptors (Lipinski definition) is 6. The average molecular weight is 817 g/mol. The first-order valence-electron chi connectivity index (χ1n) is 23.4. The Hall–Kier alpha value is -3.48. The quantitative estimate of drug-likeness (QED) is 0.200. The molecule has 3 aromatic carbocycles. The molecule has 3 aliphatic rings. The van der Waals surface area contributed by atoms with Gasteiger partial charge in [-0.3, -0.25) is 19.8 Å². The number of phenols is 2. The van der Waals surface area contributed by atoms with E-state index in [4.69, 9.17) is 9.98 Å². The second-order valence-corrected chi connectivity index (χ2v) is 23.0. The monoisotopic (exact) mass is 817 g/mol. The molecule has 6 rings (SSSR count). The van der Waals surface area contributed by atoms with E-state index in [9.17, 15) is 10.2 Å². The van der Waals surface area contributed by atoms with Crippen LogP contribution in [0.15, 0.2) is 52.4 Å². The molecule has 6 nitrogen and oxygen atoms in total. The minimum absolute atomic E-state index is 0.100. The number of rotatable bonds is 10. The SMILES string of the molecule is CC1C(N(C)Cc2ccc(N=Cc3cc(C(C)(C)C)cc(C(C)(C)C)c3O)c(N=Cc3cc(C(C)(C)C)cc(C(C)(C)C)c3O)c2)C1N(C1CCCCC1)C1CCCCC1. The van der Waals surface area contributed by atoms with Crippen molar-refractivity contribution in [3.63, 3.8) is 0 Å². The van der Waals surface area contributed by atoms with E-state index in [1.807, 2.05) is 6.21 Å². The van der Waals surface area contributed by atoms with E-state index in [2.05, 4.69) is 149 Å². The van der Waals surface area contributed by atoms with Gasteiger partial charge >= 0.3 is 0 Å². The highest BCUT2D eigenvalue weighted by atomic mass is 16.3. The Morgan fingerprint density at radius 3 is 1.42 bits per heavy atom. The summed E-state index contributed by atoms with van der Waals surface area (Å²) < 4.78 is 0. The van der Waals surface area contributed by atoms with Crippen molar-refractivity contribution >= 4 is 23.8 Å². The zero-order valence-corrected chi connectivity index (χ0v) is 40.0. The minimum atomic E-state index is -0.245. The van der Waals surface area contributed by atoms with Crippen molar-refractivity contribution < 1.29 is 10.2 Å². The van der Waals surface area contributed by atoms with Crippen molar-refractivity contribution in [2.24, 2.45) is 15.9 Å². The molecular weight excluding hydrogens is 737 g/mol. The molecule has 60 heavy (non-hydrogen) atoms. The Morgan fingerprint density at radius 2 is 1.00 bits per heavy atom. The molecule has 3 fully saturated rings. The van der Waals surface area contributed by atoms with Crippen molar-refractivity contribution in [1.82, 2.24) is 9.80 Å². The smallest absolute Gasteiger partial charge is 0.128 e. The van der Waals surface area contributed by atoms with Crippen LogP contribution in [0, 0.1) is 5.92 Å². The number of benzene rings is 3. The number of aromatic hydroxyl groups is 2. The molecule has 328 valence electrons. The maximum absolute atomic E-state index is 11.7. The first-order chi connectivity index (χ1) is 27.9. The fraction of sp³-hybridized carbons (Fsp3) is 0.630. The Kier molecular flexibility index (Phi) is 13.6. The topological polar surface area (TPSA) is 71.7 Å². The van der Waals surface area contributed by atoms with Gasteiger partial charge in [-0.15, -0.1) is 0 Å². The van der Waals surface area contributed by atoms with Crippen molar-refractivity contribution in [1.29, 1.82) is 0 Å². The van der Waals surface area contributed by atoms with Crippen molar-refractivity contribution in [3.8, 4) is 11.5 Å². The molecule has 2 N–H and O–H groups in total. The van der Waals surface area contributed by atoms with Crippen LogP contribution >= 0.6 is 0 Å². The van der Waals surface area contributed by atoms with Gasteiger partial charge in [0.25, 0.3) is 0 Å². The molecule has 3 aromatic rings. The normalized spacial score (nSPS) is 21.6. The lowest BCUT2D eigenvalue weighted by Gasteiger charge is -2.43. The third-order valence-electron chi connectivity index (χ3n) is 13.9. The fourth-order valence-corrected chi connectivity index (χ4v) is 10.1. The standard InChI is InChI=1S/C54H80N4O2/c1-35-47(48(35)58(41-21-17-15-18-22-41)42-23-19-16-20-24-42)57(14)34-36-25-26-45(55-32-37-28-39(51(2,3)4)30-43(49(37)59)53(8,9)10)46(27-36)56-33-38-29-40(52(5,6)7)31-44(50(38)60)54(11,12)13/h25-33,35,41-42,47-48,59-60H,15-24,34H2,1-14H3. The van der Waals surface area contributed by atoms with Crippen LogP contribution in [0.5, 0.6) is 11.5 Å². The van der Waals surface area contributed by atoms with Gasteiger partial charge in [0.1, 0.15) is 11.5 Å². The Morgan fingerprint density at radius 1 is 0.567 bits per heavy atom. The summed E-state index contributed by atoms with van der Waals surface area (Å²) in [6.07, 6.45) is 17.4. The van der Waals surface area contributed by atoms with E-state index < -0.39 is 0 Å². The van der Waals surface area contributed by atoms with Gasteiger partial charge in [0.15, 0.2) is 0 Å². The van der Waals surface area contributed by atoms with E-state index in [-0.39, 0.29) is 33.2 Å². The predicted molar refractivity (Wildman–Crippen MR) is 256 cm³/mol. The lowest BCUT2D eigenvalue weighted by Crippen LogP contribution is -2.48. The van der Waals surface area contributed by atoms with Gasteiger partial charge in [-0.1, -0.05) is 147 Å². The summed E-state index contributed by atoms with van der Waals surface area (Å²) in [5, 5.41) is 23.3. The van der Waals surface area contributed by atoms with Crippen LogP contribution in [0.2, 0.25) is 0 Å². The number of nitrogens with zero attached hydrogens (tertiary/aromatic N) is 4. The van der Waals surface area contributed by atoms with Gasteiger partial charge in [-0.2, -0.15) is 0 Å². The van der Waals surface area contributed by atoms with Crippen LogP contribution in [-0.2, 0) is 28.2 Å². The molecule has 3 aliphatic carbocycles. The minimum Gasteiger partial charge on any atom is -0.507 e. The third-order valence-corrected chi connectivity index (χ3v) is 13.9. The van der Waals surface area contributed by atoms with Crippen LogP contribution in [0.1, 0.15) is 193 Å². The highest BCUT2D eigenvalue weighted by Crippen LogP contribution is 2.47. The first kappa shape index (κ1) is 46.0. The molecule has 6 heteroatoms. The summed E-state index contributed by atoms with van der Waals surface area (Å²) in [5.41, 5.74) is 7.51.